The molecule has 1 aromatic rings. The van der Waals surface area contributed by atoms with Crippen LogP contribution in [0.1, 0.15) is 10.7 Å². The molecule has 0 saturated heterocycles. The molecule has 0 amide bonds. The van der Waals surface area contributed by atoms with Gasteiger partial charge in [-0.25, -0.2) is 4.98 Å². The molecule has 0 N–H and O–H groups in total. The van der Waals surface area contributed by atoms with E-state index >= 15 is 0 Å². The lowest BCUT2D eigenvalue weighted by Gasteiger charge is -2.01. The highest BCUT2D eigenvalue weighted by Crippen LogP contribution is 2.23. The van der Waals surface area contributed by atoms with Crippen LogP contribution in [0, 0.1) is 0 Å². The second-order valence-corrected chi connectivity index (χ2v) is 3.72. The van der Waals surface area contributed by atoms with Crippen molar-refractivity contribution >= 4 is 17.3 Å². The van der Waals surface area contributed by atoms with Crippen LogP contribution in [-0.2, 0) is 22.4 Å². The van der Waals surface area contributed by atoms with Crippen LogP contribution in [-0.4, -0.2) is 24.2 Å². The van der Waals surface area contributed by atoms with Crippen molar-refractivity contribution in [3.8, 4) is 0 Å². The molecule has 0 aliphatic carbocycles. The van der Waals surface area contributed by atoms with Crippen LogP contribution in [0.5, 0.6) is 0 Å². The van der Waals surface area contributed by atoms with E-state index in [1.54, 1.807) is 0 Å². The van der Waals surface area contributed by atoms with Crippen molar-refractivity contribution in [1.82, 2.24) is 4.98 Å². The Morgan fingerprint density at radius 3 is 2.80 bits per heavy atom. The highest BCUT2D eigenvalue weighted by Gasteiger charge is 2.29. The van der Waals surface area contributed by atoms with Crippen LogP contribution in [0.4, 0.5) is 13.2 Å². The lowest BCUT2D eigenvalue weighted by molar-refractivity contribution is -0.139. The van der Waals surface area contributed by atoms with E-state index in [0.717, 1.165) is 11.3 Å². The number of carbonyl (C=O) groups excluding carboxylic acids is 1. The minimum absolute atomic E-state index is 0.0404. The van der Waals surface area contributed by atoms with Gasteiger partial charge in [-0.1, -0.05) is 0 Å². The van der Waals surface area contributed by atoms with Gasteiger partial charge >= 0.3 is 12.1 Å². The molecule has 0 unspecified atom stereocenters. The number of hydrogen-bond acceptors (Lipinski definition) is 4. The van der Waals surface area contributed by atoms with Gasteiger partial charge in [-0.05, 0) is 0 Å². The number of ether oxygens (including phenoxy) is 1. The zero-order chi connectivity index (χ0) is 11.5. The Bertz CT molecular complexity index is 348. The Balaban J connectivity index is 2.60. The molecule has 0 aliphatic heterocycles. The first-order chi connectivity index (χ1) is 6.90. The fraction of sp³-hybridized carbons (Fsp3) is 0.500. The minimum Gasteiger partial charge on any atom is -0.469 e. The summed E-state index contributed by atoms with van der Waals surface area (Å²) < 4.78 is 40.2. The maximum absolute atomic E-state index is 12.0. The number of thiazole rings is 1. The lowest BCUT2D eigenvalue weighted by atomic mass is 10.3. The monoisotopic (exact) mass is 239 g/mol. The molecule has 1 heterocycles. The van der Waals surface area contributed by atoms with Gasteiger partial charge in [0.1, 0.15) is 5.01 Å². The molecular weight excluding hydrogens is 231 g/mol. The van der Waals surface area contributed by atoms with Crippen molar-refractivity contribution in [3.05, 3.63) is 16.1 Å². The third kappa shape index (κ3) is 4.28. The summed E-state index contributed by atoms with van der Waals surface area (Å²) in [6, 6.07) is 0. The lowest BCUT2D eigenvalue weighted by Crippen LogP contribution is -2.11. The van der Waals surface area contributed by atoms with E-state index in [0.29, 0.717) is 5.69 Å². The number of nitrogens with zero attached hydrogens (tertiary/aromatic N) is 1. The Hall–Kier alpha value is -1.11. The highest BCUT2D eigenvalue weighted by molar-refractivity contribution is 7.09. The van der Waals surface area contributed by atoms with Crippen LogP contribution < -0.4 is 0 Å². The summed E-state index contributed by atoms with van der Waals surface area (Å²) >= 11 is 0.890. The zero-order valence-corrected chi connectivity index (χ0v) is 8.61. The fourth-order valence-electron chi connectivity index (χ4n) is 0.903. The van der Waals surface area contributed by atoms with E-state index in [1.807, 2.05) is 0 Å². The predicted molar refractivity (Wildman–Crippen MR) is 47.6 cm³/mol. The number of hydrogen-bond donors (Lipinski definition) is 0. The van der Waals surface area contributed by atoms with Gasteiger partial charge in [-0.15, -0.1) is 11.3 Å². The third-order valence-corrected chi connectivity index (χ3v) is 2.40. The molecule has 0 aromatic carbocycles. The number of esters is 1. The maximum Gasteiger partial charge on any atom is 0.395 e. The van der Waals surface area contributed by atoms with Crippen molar-refractivity contribution in [2.75, 3.05) is 7.11 Å². The number of aromatic nitrogens is 1. The summed E-state index contributed by atoms with van der Waals surface area (Å²) in [5, 5.41) is 1.39. The average molecular weight is 239 g/mol. The molecule has 1 aromatic heterocycles. The second kappa shape index (κ2) is 4.61. The van der Waals surface area contributed by atoms with E-state index < -0.39 is 18.6 Å². The maximum atomic E-state index is 12.0. The van der Waals surface area contributed by atoms with Gasteiger partial charge in [0.15, 0.2) is 0 Å². The van der Waals surface area contributed by atoms with Crippen LogP contribution in [0.15, 0.2) is 5.38 Å². The van der Waals surface area contributed by atoms with Crippen LogP contribution >= 0.6 is 11.3 Å². The van der Waals surface area contributed by atoms with E-state index in [1.165, 1.54) is 12.5 Å². The van der Waals surface area contributed by atoms with Crippen molar-refractivity contribution < 1.29 is 22.7 Å². The molecule has 0 atom stereocenters. The largest absolute Gasteiger partial charge is 0.469 e. The number of alkyl halides is 3. The Morgan fingerprint density at radius 1 is 1.60 bits per heavy atom. The molecular formula is C8H8F3NO2S. The zero-order valence-electron chi connectivity index (χ0n) is 7.80. The van der Waals surface area contributed by atoms with E-state index in [2.05, 4.69) is 9.72 Å². The van der Waals surface area contributed by atoms with E-state index in [9.17, 15) is 18.0 Å². The molecule has 15 heavy (non-hydrogen) atoms. The minimum atomic E-state index is -4.26. The number of rotatable bonds is 3. The first-order valence-corrected chi connectivity index (χ1v) is 4.85. The quantitative estimate of drug-likeness (QED) is 0.757. The van der Waals surface area contributed by atoms with Gasteiger partial charge in [-0.2, -0.15) is 13.2 Å². The number of halogens is 3. The van der Waals surface area contributed by atoms with Crippen molar-refractivity contribution in [2.24, 2.45) is 0 Å². The normalized spacial score (nSPS) is 11.5. The summed E-state index contributed by atoms with van der Waals surface area (Å²) in [7, 11) is 1.21. The molecule has 0 fully saturated rings. The first-order valence-electron chi connectivity index (χ1n) is 3.97. The summed E-state index contributed by atoms with van der Waals surface area (Å²) in [4.78, 5) is 14.5. The molecule has 0 saturated carbocycles. The average Bonchev–Trinajstić information content (AvgIpc) is 2.49. The Morgan fingerprint density at radius 2 is 2.27 bits per heavy atom. The van der Waals surface area contributed by atoms with Crippen molar-refractivity contribution in [1.29, 1.82) is 0 Å². The molecule has 1 rings (SSSR count). The van der Waals surface area contributed by atoms with Crippen LogP contribution in [0.2, 0.25) is 0 Å². The first kappa shape index (κ1) is 12.0. The summed E-state index contributed by atoms with van der Waals surface area (Å²) in [6.45, 7) is 0. The van der Waals surface area contributed by atoms with Gasteiger partial charge in [0.25, 0.3) is 0 Å². The summed E-state index contributed by atoms with van der Waals surface area (Å²) in [5.41, 5.74) is 0.311. The Kier molecular flexibility index (Phi) is 3.67. The number of carbonyl (C=O) groups is 1. The highest BCUT2D eigenvalue weighted by atomic mass is 32.1. The van der Waals surface area contributed by atoms with Gasteiger partial charge in [0.05, 0.1) is 25.6 Å². The van der Waals surface area contributed by atoms with Gasteiger partial charge in [0.2, 0.25) is 0 Å². The van der Waals surface area contributed by atoms with Crippen molar-refractivity contribution in [3.63, 3.8) is 0 Å². The van der Waals surface area contributed by atoms with Gasteiger partial charge < -0.3 is 4.74 Å². The predicted octanol–water partition coefficient (Wildman–Crippen LogP) is 1.96. The standard InChI is InChI=1S/C8H8F3NO2S/c1-14-7(13)2-5-4-15-6(12-5)3-8(9,10)11/h4H,2-3H2,1H3. The molecule has 0 bridgehead atoms. The van der Waals surface area contributed by atoms with Crippen LogP contribution in [0.3, 0.4) is 0 Å². The number of methoxy groups -OCH3 is 1. The second-order valence-electron chi connectivity index (χ2n) is 2.78. The third-order valence-electron chi connectivity index (χ3n) is 1.50. The molecule has 84 valence electrons. The Labute approximate surface area is 87.9 Å². The molecule has 0 radical (unpaired) electrons. The molecule has 7 heteroatoms. The molecule has 3 nitrogen and oxygen atoms in total. The summed E-state index contributed by atoms with van der Waals surface area (Å²) in [5.74, 6) is -0.515. The molecule has 0 aliphatic rings. The van der Waals surface area contributed by atoms with Crippen molar-refractivity contribution in [2.45, 2.75) is 19.0 Å². The summed E-state index contributed by atoms with van der Waals surface area (Å²) in [6.07, 6.45) is -5.41. The van der Waals surface area contributed by atoms with E-state index in [-0.39, 0.29) is 11.4 Å². The smallest absolute Gasteiger partial charge is 0.395 e. The van der Waals surface area contributed by atoms with Crippen LogP contribution in [0.25, 0.3) is 0 Å². The molecule has 0 spiro atoms. The van der Waals surface area contributed by atoms with E-state index in [4.69, 9.17) is 0 Å². The van der Waals surface area contributed by atoms with Gasteiger partial charge in [-0.3, -0.25) is 4.79 Å². The van der Waals surface area contributed by atoms with Gasteiger partial charge in [0, 0.05) is 5.38 Å². The fourth-order valence-corrected chi connectivity index (χ4v) is 1.73. The topological polar surface area (TPSA) is 39.2 Å². The SMILES string of the molecule is COC(=O)Cc1csc(CC(F)(F)F)n1.